The Morgan fingerprint density at radius 2 is 1.75 bits per heavy atom. The minimum absolute atomic E-state index is 0.0114. The summed E-state index contributed by atoms with van der Waals surface area (Å²) in [4.78, 5) is 11.7. The second-order valence-corrected chi connectivity index (χ2v) is 6.60. The van der Waals surface area contributed by atoms with Gasteiger partial charge in [0, 0.05) is 16.9 Å². The van der Waals surface area contributed by atoms with Crippen LogP contribution in [0.3, 0.4) is 0 Å². The van der Waals surface area contributed by atoms with Crippen molar-refractivity contribution in [2.24, 2.45) is 0 Å². The molecule has 1 amide bonds. The summed E-state index contributed by atoms with van der Waals surface area (Å²) in [6, 6.07) is 4.45. The summed E-state index contributed by atoms with van der Waals surface area (Å²) < 4.78 is 37.2. The van der Waals surface area contributed by atoms with E-state index in [1.807, 2.05) is 20.1 Å². The van der Waals surface area contributed by atoms with Gasteiger partial charge in [-0.2, -0.15) is 24.9 Å². The third kappa shape index (κ3) is 5.45. The van der Waals surface area contributed by atoms with Crippen molar-refractivity contribution in [3.05, 3.63) is 29.8 Å². The lowest BCUT2D eigenvalue weighted by atomic mass is 10.1. The third-order valence-corrected chi connectivity index (χ3v) is 4.31. The number of anilines is 1. The monoisotopic (exact) mass is 305 g/mol. The number of alkyl halides is 3. The summed E-state index contributed by atoms with van der Waals surface area (Å²) in [5.41, 5.74) is -0.344. The Morgan fingerprint density at radius 3 is 2.20 bits per heavy atom. The molecule has 1 N–H and O–H groups in total. The maximum Gasteiger partial charge on any atom is 0.416 e. The zero-order valence-corrected chi connectivity index (χ0v) is 12.5. The number of halogens is 3. The molecule has 0 fully saturated rings. The summed E-state index contributed by atoms with van der Waals surface area (Å²) in [5, 5.41) is 2.60. The van der Waals surface area contributed by atoms with Crippen molar-refractivity contribution in [1.82, 2.24) is 0 Å². The van der Waals surface area contributed by atoms with Crippen molar-refractivity contribution in [3.8, 4) is 0 Å². The average molecular weight is 305 g/mol. The van der Waals surface area contributed by atoms with E-state index in [1.165, 1.54) is 12.1 Å². The molecule has 112 valence electrons. The largest absolute Gasteiger partial charge is 0.416 e. The Labute approximate surface area is 121 Å². The first-order valence-electron chi connectivity index (χ1n) is 6.16. The summed E-state index contributed by atoms with van der Waals surface area (Å²) in [5.74, 6) is -0.188. The van der Waals surface area contributed by atoms with Gasteiger partial charge in [-0.05, 0) is 36.9 Å². The molecule has 20 heavy (non-hydrogen) atoms. The first-order chi connectivity index (χ1) is 9.14. The van der Waals surface area contributed by atoms with E-state index in [2.05, 4.69) is 5.32 Å². The third-order valence-electron chi connectivity index (χ3n) is 3.00. The molecular weight excluding hydrogens is 287 g/mol. The van der Waals surface area contributed by atoms with Crippen LogP contribution in [0.5, 0.6) is 0 Å². The van der Waals surface area contributed by atoms with E-state index in [-0.39, 0.29) is 10.7 Å². The van der Waals surface area contributed by atoms with Gasteiger partial charge in [0.25, 0.3) is 0 Å². The van der Waals surface area contributed by atoms with Gasteiger partial charge in [-0.25, -0.2) is 0 Å². The van der Waals surface area contributed by atoms with Crippen LogP contribution in [0.2, 0.25) is 0 Å². The summed E-state index contributed by atoms with van der Waals surface area (Å²) in [7, 11) is 0. The van der Waals surface area contributed by atoms with Gasteiger partial charge in [0.1, 0.15) is 0 Å². The molecule has 6 heteroatoms. The van der Waals surface area contributed by atoms with Crippen LogP contribution in [0.4, 0.5) is 18.9 Å². The first-order valence-corrected chi connectivity index (χ1v) is 7.39. The Morgan fingerprint density at radius 1 is 1.20 bits per heavy atom. The molecule has 1 rings (SSSR count). The molecule has 1 aromatic carbocycles. The number of carbonyl (C=O) groups excluding carboxylic acids is 1. The normalized spacial score (nSPS) is 12.3. The Bertz CT molecular complexity index is 454. The van der Waals surface area contributed by atoms with Crippen LogP contribution < -0.4 is 5.32 Å². The number of thioether (sulfide) groups is 1. The van der Waals surface area contributed by atoms with Gasteiger partial charge < -0.3 is 5.32 Å². The molecule has 0 saturated carbocycles. The smallest absolute Gasteiger partial charge is 0.326 e. The van der Waals surface area contributed by atoms with E-state index in [4.69, 9.17) is 0 Å². The van der Waals surface area contributed by atoms with E-state index in [0.29, 0.717) is 18.5 Å². The van der Waals surface area contributed by atoms with Gasteiger partial charge >= 0.3 is 6.18 Å². The summed E-state index contributed by atoms with van der Waals surface area (Å²) >= 11 is 1.68. The topological polar surface area (TPSA) is 29.1 Å². The quantitative estimate of drug-likeness (QED) is 0.863. The van der Waals surface area contributed by atoms with Crippen LogP contribution in [0.1, 0.15) is 32.3 Å². The second kappa shape index (κ2) is 6.52. The molecule has 0 saturated heterocycles. The van der Waals surface area contributed by atoms with Crippen molar-refractivity contribution in [3.63, 3.8) is 0 Å². The van der Waals surface area contributed by atoms with Crippen molar-refractivity contribution >= 4 is 23.4 Å². The predicted octanol–water partition coefficient (Wildman–Crippen LogP) is 4.57. The van der Waals surface area contributed by atoms with Gasteiger partial charge in [-0.1, -0.05) is 13.8 Å². The van der Waals surface area contributed by atoms with E-state index in [9.17, 15) is 18.0 Å². The van der Waals surface area contributed by atoms with Crippen molar-refractivity contribution in [2.45, 2.75) is 37.6 Å². The highest BCUT2D eigenvalue weighted by Gasteiger charge is 2.30. The number of rotatable bonds is 5. The van der Waals surface area contributed by atoms with Crippen LogP contribution in [0, 0.1) is 0 Å². The number of hydrogen-bond acceptors (Lipinski definition) is 2. The molecule has 0 unspecified atom stereocenters. The highest BCUT2D eigenvalue weighted by molar-refractivity contribution is 7.99. The lowest BCUT2D eigenvalue weighted by molar-refractivity contribution is -0.137. The van der Waals surface area contributed by atoms with Gasteiger partial charge in [-0.15, -0.1) is 0 Å². The van der Waals surface area contributed by atoms with Crippen molar-refractivity contribution < 1.29 is 18.0 Å². The van der Waals surface area contributed by atoms with E-state index in [1.54, 1.807) is 11.8 Å². The van der Waals surface area contributed by atoms with Gasteiger partial charge in [0.2, 0.25) is 5.91 Å². The molecule has 0 spiro atoms. The first kappa shape index (κ1) is 16.9. The highest BCUT2D eigenvalue weighted by atomic mass is 32.2. The zero-order chi connectivity index (χ0) is 15.4. The Hall–Kier alpha value is -1.17. The maximum atomic E-state index is 12.4. The molecule has 0 aliphatic carbocycles. The fourth-order valence-electron chi connectivity index (χ4n) is 1.48. The minimum atomic E-state index is -4.36. The van der Waals surface area contributed by atoms with Gasteiger partial charge in [0.05, 0.1) is 5.56 Å². The fourth-order valence-corrected chi connectivity index (χ4v) is 1.79. The molecule has 1 aromatic rings. The zero-order valence-electron chi connectivity index (χ0n) is 11.7. The molecule has 0 aliphatic rings. The van der Waals surface area contributed by atoms with Gasteiger partial charge in [-0.3, -0.25) is 4.79 Å². The van der Waals surface area contributed by atoms with Gasteiger partial charge in [0.15, 0.2) is 0 Å². The minimum Gasteiger partial charge on any atom is -0.326 e. The van der Waals surface area contributed by atoms with Crippen molar-refractivity contribution in [2.75, 3.05) is 11.6 Å². The van der Waals surface area contributed by atoms with E-state index < -0.39 is 11.7 Å². The number of hydrogen-bond donors (Lipinski definition) is 1. The number of nitrogens with one attached hydrogen (secondary N) is 1. The maximum absolute atomic E-state index is 12.4. The second-order valence-electron chi connectivity index (χ2n) is 5.09. The Kier molecular flexibility index (Phi) is 5.50. The molecule has 2 nitrogen and oxygen atoms in total. The summed E-state index contributed by atoms with van der Waals surface area (Å²) in [6.45, 7) is 4.09. The lowest BCUT2D eigenvalue weighted by Gasteiger charge is -2.21. The molecule has 0 aromatic heterocycles. The number of benzene rings is 1. The van der Waals surface area contributed by atoms with Crippen LogP contribution in [0.25, 0.3) is 0 Å². The van der Waals surface area contributed by atoms with E-state index in [0.717, 1.165) is 12.1 Å². The molecule has 0 atom stereocenters. The van der Waals surface area contributed by atoms with E-state index >= 15 is 0 Å². The average Bonchev–Trinajstić information content (AvgIpc) is 2.36. The number of amides is 1. The standard InChI is InChI=1S/C14H18F3NOS/c1-13(2,20-3)9-8-12(19)18-11-6-4-10(5-7-11)14(15,16)17/h4-7H,8-9H2,1-3H3,(H,18,19). The van der Waals surface area contributed by atoms with Crippen molar-refractivity contribution in [1.29, 1.82) is 0 Å². The van der Waals surface area contributed by atoms with Crippen LogP contribution in [-0.2, 0) is 11.0 Å². The molecule has 0 aliphatic heterocycles. The molecule has 0 radical (unpaired) electrons. The SMILES string of the molecule is CSC(C)(C)CCC(=O)Nc1ccc(C(F)(F)F)cc1. The lowest BCUT2D eigenvalue weighted by Crippen LogP contribution is -2.19. The summed E-state index contributed by atoms with van der Waals surface area (Å²) in [6.07, 6.45) is -1.33. The molecule has 0 bridgehead atoms. The van der Waals surface area contributed by atoms with Crippen LogP contribution >= 0.6 is 11.8 Å². The Balaban J connectivity index is 2.55. The fraction of sp³-hybridized carbons (Fsp3) is 0.500. The molecule has 0 heterocycles. The highest BCUT2D eigenvalue weighted by Crippen LogP contribution is 2.30. The predicted molar refractivity (Wildman–Crippen MR) is 76.9 cm³/mol. The number of carbonyl (C=O) groups is 1. The van der Waals surface area contributed by atoms with Crippen LogP contribution in [-0.4, -0.2) is 16.9 Å². The van der Waals surface area contributed by atoms with Crippen LogP contribution in [0.15, 0.2) is 24.3 Å². The molecular formula is C14H18F3NOS.